The molecule has 1 fully saturated rings. The van der Waals surface area contributed by atoms with Gasteiger partial charge < -0.3 is 0 Å². The van der Waals surface area contributed by atoms with Crippen molar-refractivity contribution in [2.24, 2.45) is 0 Å². The van der Waals surface area contributed by atoms with Gasteiger partial charge in [-0.2, -0.15) is 33.4 Å². The van der Waals surface area contributed by atoms with Gasteiger partial charge in [-0.05, 0) is 25.0 Å². The molecule has 9 heteroatoms. The Kier molecular flexibility index (Phi) is 10.4. The Balaban J connectivity index is 0.000000472. The number of carbonyl (C=O) groups is 1. The lowest BCUT2D eigenvalue weighted by atomic mass is 9.99. The molecule has 132 valence electrons. The molecule has 22 heavy (non-hydrogen) atoms. The number of rotatable bonds is 6. The topological polar surface area (TPSA) is 71.4 Å². The molecule has 0 aromatic rings. The molecule has 1 aliphatic rings. The van der Waals surface area contributed by atoms with Crippen LogP contribution in [0.3, 0.4) is 0 Å². The van der Waals surface area contributed by atoms with E-state index in [2.05, 4.69) is 6.92 Å². The lowest BCUT2D eigenvalue weighted by Gasteiger charge is -2.19. The average Bonchev–Trinajstić information content (AvgIpc) is 2.39. The number of halogens is 3. The minimum absolute atomic E-state index is 0.352. The van der Waals surface area contributed by atoms with Gasteiger partial charge in [-0.15, -0.1) is 0 Å². The Morgan fingerprint density at radius 2 is 1.82 bits per heavy atom. The standard InChI is InChI=1S/C12H22OS.CHF3O3S/c1-2-3-4-7-10-14-12-9-6-5-8-11(12)13;2-1(3,4)8(5,6)7/h12H,2-10H2,1H3;(H,5,6,7). The Labute approximate surface area is 134 Å². The van der Waals surface area contributed by atoms with E-state index < -0.39 is 15.6 Å². The van der Waals surface area contributed by atoms with E-state index >= 15 is 0 Å². The predicted molar refractivity (Wildman–Crippen MR) is 81.5 cm³/mol. The van der Waals surface area contributed by atoms with Crippen LogP contribution in [0.1, 0.15) is 58.3 Å². The number of carbonyl (C=O) groups excluding carboxylic acids is 1. The number of hydrogen-bond donors (Lipinski definition) is 1. The number of hydrogen-bond acceptors (Lipinski definition) is 4. The SMILES string of the molecule is CCCCCCSC1CCCCC1=O.O=S(=O)(O)C(F)(F)F. The fourth-order valence-electron chi connectivity index (χ4n) is 1.88. The minimum Gasteiger partial charge on any atom is -0.298 e. The minimum atomic E-state index is -5.84. The zero-order valence-corrected chi connectivity index (χ0v) is 14.2. The molecule has 1 N–H and O–H groups in total. The van der Waals surface area contributed by atoms with Crippen molar-refractivity contribution in [2.45, 2.75) is 69.0 Å². The summed E-state index contributed by atoms with van der Waals surface area (Å²) in [5, 5.41) is 0.352. The van der Waals surface area contributed by atoms with Gasteiger partial charge in [0.2, 0.25) is 0 Å². The van der Waals surface area contributed by atoms with E-state index in [4.69, 9.17) is 13.0 Å². The van der Waals surface area contributed by atoms with Gasteiger partial charge in [0.25, 0.3) is 0 Å². The first-order valence-electron chi connectivity index (χ1n) is 7.27. The van der Waals surface area contributed by atoms with Crippen LogP contribution in [0.5, 0.6) is 0 Å². The number of ketones is 1. The van der Waals surface area contributed by atoms with Gasteiger partial charge >= 0.3 is 15.6 Å². The monoisotopic (exact) mass is 364 g/mol. The highest BCUT2D eigenvalue weighted by Gasteiger charge is 2.44. The molecule has 0 bridgehead atoms. The summed E-state index contributed by atoms with van der Waals surface area (Å²) in [5.74, 6) is 1.70. The molecule has 4 nitrogen and oxygen atoms in total. The van der Waals surface area contributed by atoms with E-state index in [1.54, 1.807) is 0 Å². The molecule has 1 rings (SSSR count). The Morgan fingerprint density at radius 1 is 1.23 bits per heavy atom. The fraction of sp³-hybridized carbons (Fsp3) is 0.923. The summed E-state index contributed by atoms with van der Waals surface area (Å²) in [4.78, 5) is 11.5. The summed E-state index contributed by atoms with van der Waals surface area (Å²) in [6.07, 6.45) is 9.65. The third kappa shape index (κ3) is 9.68. The van der Waals surface area contributed by atoms with E-state index in [1.165, 1.54) is 37.9 Å². The summed E-state index contributed by atoms with van der Waals surface area (Å²) in [5.41, 5.74) is -5.53. The van der Waals surface area contributed by atoms with E-state index in [1.807, 2.05) is 11.8 Å². The van der Waals surface area contributed by atoms with Gasteiger partial charge in [0, 0.05) is 6.42 Å². The Hall–Kier alpha value is -0.280. The number of unbranched alkanes of at least 4 members (excludes halogenated alkanes) is 3. The van der Waals surface area contributed by atoms with E-state index in [0.717, 1.165) is 19.3 Å². The maximum atomic E-state index is 11.5. The molecule has 0 saturated heterocycles. The summed E-state index contributed by atoms with van der Waals surface area (Å²) in [7, 11) is -5.84. The van der Waals surface area contributed by atoms with E-state index in [9.17, 15) is 18.0 Å². The van der Waals surface area contributed by atoms with Crippen LogP contribution >= 0.6 is 11.8 Å². The van der Waals surface area contributed by atoms with Crippen LogP contribution in [0, 0.1) is 0 Å². The first kappa shape index (κ1) is 21.7. The largest absolute Gasteiger partial charge is 0.522 e. The normalized spacial score (nSPS) is 19.5. The maximum Gasteiger partial charge on any atom is 0.522 e. The van der Waals surface area contributed by atoms with Crippen LogP contribution in [0.15, 0.2) is 0 Å². The van der Waals surface area contributed by atoms with Gasteiger partial charge in [-0.3, -0.25) is 9.35 Å². The van der Waals surface area contributed by atoms with Crippen molar-refractivity contribution in [3.63, 3.8) is 0 Å². The van der Waals surface area contributed by atoms with Gasteiger partial charge in [-0.1, -0.05) is 32.6 Å². The molecule has 1 saturated carbocycles. The van der Waals surface area contributed by atoms with Crippen molar-refractivity contribution in [1.82, 2.24) is 0 Å². The van der Waals surface area contributed by atoms with Crippen LogP contribution in [0.25, 0.3) is 0 Å². The van der Waals surface area contributed by atoms with Crippen LogP contribution in [0.2, 0.25) is 0 Å². The third-order valence-corrected chi connectivity index (χ3v) is 5.12. The van der Waals surface area contributed by atoms with Crippen molar-refractivity contribution in [2.75, 3.05) is 5.75 Å². The molecule has 0 radical (unpaired) electrons. The van der Waals surface area contributed by atoms with Crippen LogP contribution in [-0.4, -0.2) is 35.3 Å². The fourth-order valence-corrected chi connectivity index (χ4v) is 3.17. The highest BCUT2D eigenvalue weighted by atomic mass is 32.2. The quantitative estimate of drug-likeness (QED) is 0.434. The van der Waals surface area contributed by atoms with Crippen LogP contribution in [-0.2, 0) is 14.9 Å². The molecule has 1 atom stereocenters. The molecule has 0 amide bonds. The van der Waals surface area contributed by atoms with Gasteiger partial charge in [0.05, 0.1) is 5.25 Å². The van der Waals surface area contributed by atoms with Crippen molar-refractivity contribution in [1.29, 1.82) is 0 Å². The molecule has 0 heterocycles. The highest BCUT2D eigenvalue weighted by molar-refractivity contribution is 8.00. The number of thioether (sulfide) groups is 1. The first-order chi connectivity index (χ1) is 10.1. The van der Waals surface area contributed by atoms with E-state index in [0.29, 0.717) is 11.0 Å². The Bertz CT molecular complexity index is 421. The first-order valence-corrected chi connectivity index (χ1v) is 9.76. The lowest BCUT2D eigenvalue weighted by molar-refractivity contribution is -0.119. The van der Waals surface area contributed by atoms with E-state index in [-0.39, 0.29) is 0 Å². The van der Waals surface area contributed by atoms with Crippen LogP contribution < -0.4 is 0 Å². The summed E-state index contributed by atoms with van der Waals surface area (Å²) in [6.45, 7) is 2.23. The van der Waals surface area contributed by atoms with Gasteiger partial charge in [-0.25, -0.2) is 0 Å². The second kappa shape index (κ2) is 10.5. The number of Topliss-reactive ketones (excluding diaryl/α,β-unsaturated/α-hetero) is 1. The predicted octanol–water partition coefficient (Wildman–Crippen LogP) is 4.21. The molecule has 1 unspecified atom stereocenters. The second-order valence-corrected chi connectivity index (χ2v) is 7.78. The Morgan fingerprint density at radius 3 is 2.27 bits per heavy atom. The zero-order chi connectivity index (χ0) is 17.2. The molecule has 0 aliphatic heterocycles. The smallest absolute Gasteiger partial charge is 0.298 e. The van der Waals surface area contributed by atoms with Crippen molar-refractivity contribution in [3.8, 4) is 0 Å². The highest BCUT2D eigenvalue weighted by Crippen LogP contribution is 2.26. The maximum absolute atomic E-state index is 11.5. The summed E-state index contributed by atoms with van der Waals surface area (Å²) < 4.78 is 57.5. The summed E-state index contributed by atoms with van der Waals surface area (Å²) in [6, 6.07) is 0. The molecule has 0 aromatic carbocycles. The van der Waals surface area contributed by atoms with Gasteiger partial charge in [0.1, 0.15) is 5.78 Å². The van der Waals surface area contributed by atoms with Gasteiger partial charge in [0.15, 0.2) is 0 Å². The lowest BCUT2D eigenvalue weighted by Crippen LogP contribution is -2.21. The molecule has 0 aromatic heterocycles. The zero-order valence-electron chi connectivity index (χ0n) is 12.6. The average molecular weight is 364 g/mol. The molecule has 1 aliphatic carbocycles. The molecular weight excluding hydrogens is 341 g/mol. The second-order valence-electron chi connectivity index (χ2n) is 5.05. The van der Waals surface area contributed by atoms with Crippen LogP contribution in [0.4, 0.5) is 13.2 Å². The third-order valence-electron chi connectivity index (χ3n) is 3.11. The molecular formula is C13H23F3O4S2. The van der Waals surface area contributed by atoms with Crippen molar-refractivity contribution < 1.29 is 30.9 Å². The molecule has 0 spiro atoms. The van der Waals surface area contributed by atoms with Crippen molar-refractivity contribution >= 4 is 27.7 Å². The summed E-state index contributed by atoms with van der Waals surface area (Å²) >= 11 is 1.91. The number of alkyl halides is 3. The van der Waals surface area contributed by atoms with Crippen molar-refractivity contribution in [3.05, 3.63) is 0 Å².